The number of carbonyl (C=O) groups excluding carboxylic acids is 2. The molecule has 0 saturated heterocycles. The Hall–Kier alpha value is -4.15. The minimum absolute atomic E-state index is 0.0372. The maximum Gasteiger partial charge on any atom is 0.359 e. The molecule has 3 rings (SSSR count). The van der Waals surface area contributed by atoms with Crippen molar-refractivity contribution in [2.24, 2.45) is 7.05 Å². The van der Waals surface area contributed by atoms with Crippen LogP contribution in [0.1, 0.15) is 10.5 Å². The Balaban J connectivity index is 1.73. The van der Waals surface area contributed by atoms with Gasteiger partial charge in [0.15, 0.2) is 12.3 Å². The number of aryl methyl sites for hydroxylation is 1. The topological polar surface area (TPSA) is 133 Å². The normalized spacial score (nSPS) is 10.6. The fraction of sp³-hybridized carbons (Fsp3) is 0.111. The van der Waals surface area contributed by atoms with Crippen molar-refractivity contribution in [3.8, 4) is 0 Å². The third-order valence-corrected chi connectivity index (χ3v) is 3.91. The predicted molar refractivity (Wildman–Crippen MR) is 99.0 cm³/mol. The van der Waals surface area contributed by atoms with E-state index in [4.69, 9.17) is 4.74 Å². The number of esters is 1. The molecule has 0 aliphatic rings. The molecule has 0 bridgehead atoms. The third kappa shape index (κ3) is 4.08. The van der Waals surface area contributed by atoms with Crippen LogP contribution < -0.4 is 10.9 Å². The quantitative estimate of drug-likeness (QED) is 0.392. The Bertz CT molecular complexity index is 1210. The number of fused-ring (bicyclic) bond motifs is 1. The van der Waals surface area contributed by atoms with Crippen LogP contribution in [-0.4, -0.2) is 33.2 Å². The summed E-state index contributed by atoms with van der Waals surface area (Å²) in [4.78, 5) is 46.2. The van der Waals surface area contributed by atoms with E-state index in [-0.39, 0.29) is 22.2 Å². The standard InChI is InChI=1S/C18H13FN4O6/c1-22-17(25)12-5-3-2-4-11(12)16(21-22)18(26)29-9-15(24)20-10-6-7-13(19)14(8-10)23(27)28/h2-8H,9H2,1H3,(H,20,24). The van der Waals surface area contributed by atoms with Crippen LogP contribution in [-0.2, 0) is 16.6 Å². The summed E-state index contributed by atoms with van der Waals surface area (Å²) in [7, 11) is 1.37. The van der Waals surface area contributed by atoms with Crippen molar-refractivity contribution in [2.45, 2.75) is 0 Å². The first kappa shape index (κ1) is 19.6. The number of nitro groups is 1. The van der Waals surface area contributed by atoms with Crippen LogP contribution in [0.2, 0.25) is 0 Å². The van der Waals surface area contributed by atoms with Gasteiger partial charge in [0.2, 0.25) is 5.82 Å². The van der Waals surface area contributed by atoms with Gasteiger partial charge in [0.1, 0.15) is 0 Å². The van der Waals surface area contributed by atoms with E-state index in [2.05, 4.69) is 10.4 Å². The molecule has 1 N–H and O–H groups in total. The van der Waals surface area contributed by atoms with E-state index in [0.717, 1.165) is 22.9 Å². The molecular formula is C18H13FN4O6. The van der Waals surface area contributed by atoms with Crippen molar-refractivity contribution in [3.63, 3.8) is 0 Å². The second-order valence-corrected chi connectivity index (χ2v) is 5.87. The van der Waals surface area contributed by atoms with Crippen molar-refractivity contribution in [2.75, 3.05) is 11.9 Å². The number of nitrogens with zero attached hydrogens (tertiary/aromatic N) is 3. The molecule has 10 nitrogen and oxygen atoms in total. The fourth-order valence-electron chi connectivity index (χ4n) is 2.58. The zero-order valence-electron chi connectivity index (χ0n) is 14.9. The predicted octanol–water partition coefficient (Wildman–Crippen LogP) is 1.78. The van der Waals surface area contributed by atoms with E-state index in [1.165, 1.54) is 19.2 Å². The van der Waals surface area contributed by atoms with Gasteiger partial charge in [-0.15, -0.1) is 0 Å². The number of nitrogens with one attached hydrogen (secondary N) is 1. The molecule has 0 spiro atoms. The number of hydrogen-bond donors (Lipinski definition) is 1. The first-order valence-electron chi connectivity index (χ1n) is 8.15. The molecule has 0 aliphatic carbocycles. The van der Waals surface area contributed by atoms with Gasteiger partial charge in [-0.3, -0.25) is 19.7 Å². The molecule has 0 unspecified atom stereocenters. The number of benzene rings is 2. The number of aromatic nitrogens is 2. The van der Waals surface area contributed by atoms with Gasteiger partial charge in [-0.1, -0.05) is 18.2 Å². The van der Waals surface area contributed by atoms with Gasteiger partial charge in [-0.2, -0.15) is 9.49 Å². The van der Waals surface area contributed by atoms with Crippen LogP contribution in [0.3, 0.4) is 0 Å². The molecule has 3 aromatic rings. The van der Waals surface area contributed by atoms with Crippen LogP contribution in [0.15, 0.2) is 47.3 Å². The molecule has 148 valence electrons. The average molecular weight is 400 g/mol. The summed E-state index contributed by atoms with van der Waals surface area (Å²) in [5.74, 6) is -2.78. The van der Waals surface area contributed by atoms with E-state index >= 15 is 0 Å². The van der Waals surface area contributed by atoms with Crippen LogP contribution in [0.5, 0.6) is 0 Å². The lowest BCUT2D eigenvalue weighted by Crippen LogP contribution is -2.26. The maximum atomic E-state index is 13.3. The Morgan fingerprint density at radius 3 is 2.62 bits per heavy atom. The lowest BCUT2D eigenvalue weighted by molar-refractivity contribution is -0.387. The summed E-state index contributed by atoms with van der Waals surface area (Å²) in [5.41, 5.74) is -1.38. The molecule has 11 heteroatoms. The number of halogens is 1. The number of ether oxygens (including phenoxy) is 1. The largest absolute Gasteiger partial charge is 0.451 e. The van der Waals surface area contributed by atoms with Gasteiger partial charge in [-0.05, 0) is 18.2 Å². The fourth-order valence-corrected chi connectivity index (χ4v) is 2.58. The van der Waals surface area contributed by atoms with Crippen LogP contribution in [0.4, 0.5) is 15.8 Å². The molecule has 29 heavy (non-hydrogen) atoms. The number of rotatable bonds is 5. The molecule has 0 aliphatic heterocycles. The van der Waals surface area contributed by atoms with Gasteiger partial charge in [0, 0.05) is 24.2 Å². The molecule has 0 atom stereocenters. The minimum atomic E-state index is -1.05. The zero-order chi connectivity index (χ0) is 21.1. The molecule has 1 heterocycles. The number of nitro benzene ring substituents is 1. The van der Waals surface area contributed by atoms with Gasteiger partial charge >= 0.3 is 11.7 Å². The van der Waals surface area contributed by atoms with Crippen molar-refractivity contribution < 1.29 is 23.6 Å². The summed E-state index contributed by atoms with van der Waals surface area (Å²) in [5, 5.41) is 17.4. The summed E-state index contributed by atoms with van der Waals surface area (Å²) >= 11 is 0. The lowest BCUT2D eigenvalue weighted by atomic mass is 10.1. The SMILES string of the molecule is Cn1nc(C(=O)OCC(=O)Nc2ccc(F)c([N+](=O)[O-])c2)c2ccccc2c1=O. The second kappa shape index (κ2) is 7.84. The maximum absolute atomic E-state index is 13.3. The Morgan fingerprint density at radius 2 is 1.93 bits per heavy atom. The highest BCUT2D eigenvalue weighted by Gasteiger charge is 2.19. The van der Waals surface area contributed by atoms with E-state index in [0.29, 0.717) is 0 Å². The third-order valence-electron chi connectivity index (χ3n) is 3.91. The molecule has 0 fully saturated rings. The van der Waals surface area contributed by atoms with Crippen molar-refractivity contribution in [3.05, 3.63) is 74.4 Å². The van der Waals surface area contributed by atoms with E-state index in [1.54, 1.807) is 12.1 Å². The Labute approximate surface area is 161 Å². The Kier molecular flexibility index (Phi) is 5.30. The molecule has 1 aromatic heterocycles. The molecule has 0 radical (unpaired) electrons. The first-order chi connectivity index (χ1) is 13.8. The van der Waals surface area contributed by atoms with Crippen molar-refractivity contribution in [1.82, 2.24) is 9.78 Å². The van der Waals surface area contributed by atoms with E-state index in [9.17, 15) is 28.9 Å². The number of amides is 1. The molecular weight excluding hydrogens is 387 g/mol. The molecule has 2 aromatic carbocycles. The lowest BCUT2D eigenvalue weighted by Gasteiger charge is -2.09. The van der Waals surface area contributed by atoms with Crippen molar-refractivity contribution >= 4 is 34.0 Å². The summed E-state index contributed by atoms with van der Waals surface area (Å²) in [6.07, 6.45) is 0. The molecule has 1 amide bonds. The highest BCUT2D eigenvalue weighted by Crippen LogP contribution is 2.21. The Morgan fingerprint density at radius 1 is 1.24 bits per heavy atom. The number of anilines is 1. The van der Waals surface area contributed by atoms with E-state index < -0.39 is 40.5 Å². The summed E-state index contributed by atoms with van der Waals surface area (Å²) in [6, 6.07) is 9.12. The van der Waals surface area contributed by atoms with Crippen molar-refractivity contribution in [1.29, 1.82) is 0 Å². The zero-order valence-corrected chi connectivity index (χ0v) is 14.9. The van der Waals surface area contributed by atoms with Gasteiger partial charge in [-0.25, -0.2) is 9.48 Å². The van der Waals surface area contributed by atoms with Gasteiger partial charge in [0.05, 0.1) is 10.3 Å². The number of hydrogen-bond acceptors (Lipinski definition) is 7. The van der Waals surface area contributed by atoms with Gasteiger partial charge in [0.25, 0.3) is 11.5 Å². The van der Waals surface area contributed by atoms with Crippen LogP contribution in [0.25, 0.3) is 10.8 Å². The summed E-state index contributed by atoms with van der Waals surface area (Å²) < 4.78 is 19.2. The van der Waals surface area contributed by atoms with Gasteiger partial charge < -0.3 is 10.1 Å². The highest BCUT2D eigenvalue weighted by atomic mass is 19.1. The average Bonchev–Trinajstić information content (AvgIpc) is 2.70. The van der Waals surface area contributed by atoms with Crippen LogP contribution in [0, 0.1) is 15.9 Å². The number of carbonyl (C=O) groups is 2. The second-order valence-electron chi connectivity index (χ2n) is 5.87. The van der Waals surface area contributed by atoms with Crippen LogP contribution >= 0.6 is 0 Å². The first-order valence-corrected chi connectivity index (χ1v) is 8.15. The monoisotopic (exact) mass is 400 g/mol. The van der Waals surface area contributed by atoms with E-state index in [1.807, 2.05) is 0 Å². The summed E-state index contributed by atoms with van der Waals surface area (Å²) in [6.45, 7) is -0.719. The highest BCUT2D eigenvalue weighted by molar-refractivity contribution is 6.03. The smallest absolute Gasteiger partial charge is 0.359 e. The minimum Gasteiger partial charge on any atom is -0.451 e. The molecule has 0 saturated carbocycles.